The maximum Gasteiger partial charge on any atom is 0.469 e. The van der Waals surface area contributed by atoms with Crippen molar-refractivity contribution in [2.24, 2.45) is 0 Å². The van der Waals surface area contributed by atoms with Crippen LogP contribution >= 0.6 is 15.4 Å². The van der Waals surface area contributed by atoms with Gasteiger partial charge in [-0.25, -0.2) is 4.57 Å². The number of hydrogen-bond donors (Lipinski definition) is 4. The highest BCUT2D eigenvalue weighted by Gasteiger charge is 2.12. The van der Waals surface area contributed by atoms with E-state index in [2.05, 4.69) is 4.52 Å². The van der Waals surface area contributed by atoms with Gasteiger partial charge in [0, 0.05) is 6.16 Å². The van der Waals surface area contributed by atoms with Gasteiger partial charge in [-0.15, -0.1) is 0 Å². The maximum atomic E-state index is 10.8. The summed E-state index contributed by atoms with van der Waals surface area (Å²) in [5, 5.41) is 0. The molecule has 9 heteroatoms. The maximum absolute atomic E-state index is 10.8. The van der Waals surface area contributed by atoms with Gasteiger partial charge in [0.2, 0.25) is 0 Å². The fraction of sp³-hybridized carbons (Fsp3) is 1.00. The van der Waals surface area contributed by atoms with Crippen molar-refractivity contribution in [2.45, 2.75) is 231 Å². The van der Waals surface area contributed by atoms with Gasteiger partial charge in [0.25, 0.3) is 0 Å². The zero-order valence-electron chi connectivity index (χ0n) is 30.8. The lowest BCUT2D eigenvalue weighted by molar-refractivity contribution is 0.193. The second-order valence-corrected chi connectivity index (χ2v) is 17.5. The Kier molecular flexibility index (Phi) is 36.3. The Morgan fingerprint density at radius 2 is 0.447 bits per heavy atom. The first kappa shape index (κ1) is 47.3. The number of rotatable bonds is 40. The van der Waals surface area contributed by atoms with Crippen LogP contribution in [-0.2, 0) is 13.7 Å². The number of hydrogen-bond acceptors (Lipinski definition) is 3. The second-order valence-electron chi connectivity index (χ2n) is 14.4. The van der Waals surface area contributed by atoms with Crippen molar-refractivity contribution < 1.29 is 33.2 Å². The van der Waals surface area contributed by atoms with Crippen LogP contribution in [0.25, 0.3) is 0 Å². The summed E-state index contributed by atoms with van der Waals surface area (Å²) in [5.41, 5.74) is 0. The van der Waals surface area contributed by atoms with Crippen LogP contribution in [0.5, 0.6) is 0 Å². The molecule has 0 aliphatic carbocycles. The molecule has 0 aromatic rings. The van der Waals surface area contributed by atoms with E-state index in [1.54, 1.807) is 0 Å². The molecule has 47 heavy (non-hydrogen) atoms. The standard InChI is InChI=1S/C38H80O7P2/c39-46(40,41)38-36-34-32-30-28-26-24-22-20-18-16-14-12-10-8-6-4-2-1-3-5-7-9-11-13-15-17-19-21-23-25-27-29-31-33-35-37-45-47(42,43)44/h1-38H2,(H2,39,40,41)(H2,42,43,44). The van der Waals surface area contributed by atoms with Crippen molar-refractivity contribution in [3.8, 4) is 0 Å². The lowest BCUT2D eigenvalue weighted by Crippen LogP contribution is -1.92. The fourth-order valence-corrected chi connectivity index (χ4v) is 7.62. The summed E-state index contributed by atoms with van der Waals surface area (Å²) < 4.78 is 25.9. The molecule has 0 bridgehead atoms. The summed E-state index contributed by atoms with van der Waals surface area (Å²) >= 11 is 0. The molecule has 0 aromatic carbocycles. The number of phosphoric acid groups is 1. The SMILES string of the molecule is O=P(O)(O)CCCCCCCCCCCCCCCCCCCCCCCCCCCCCCCCCCCCCCOP(=O)(O)O. The predicted molar refractivity (Wildman–Crippen MR) is 201 cm³/mol. The van der Waals surface area contributed by atoms with Crippen molar-refractivity contribution >= 4 is 15.4 Å². The summed E-state index contributed by atoms with van der Waals surface area (Å²) in [4.78, 5) is 35.0. The van der Waals surface area contributed by atoms with E-state index in [0.29, 0.717) is 6.42 Å². The van der Waals surface area contributed by atoms with Crippen molar-refractivity contribution in [1.29, 1.82) is 0 Å². The predicted octanol–water partition coefficient (Wildman–Crippen LogP) is 13.3. The van der Waals surface area contributed by atoms with E-state index in [0.717, 1.165) is 32.1 Å². The van der Waals surface area contributed by atoms with Crippen molar-refractivity contribution in [3.63, 3.8) is 0 Å². The molecule has 0 unspecified atom stereocenters. The Morgan fingerprint density at radius 3 is 0.617 bits per heavy atom. The molecule has 0 aromatic heterocycles. The van der Waals surface area contributed by atoms with Crippen LogP contribution in [0.4, 0.5) is 0 Å². The number of unbranched alkanes of at least 4 members (excludes halogenated alkanes) is 35. The molecule has 0 aliphatic rings. The highest BCUT2D eigenvalue weighted by Crippen LogP contribution is 2.36. The molecule has 0 amide bonds. The Morgan fingerprint density at radius 1 is 0.277 bits per heavy atom. The van der Waals surface area contributed by atoms with Gasteiger partial charge in [0.15, 0.2) is 0 Å². The third-order valence-corrected chi connectivity index (χ3v) is 11.0. The van der Waals surface area contributed by atoms with Crippen molar-refractivity contribution in [1.82, 2.24) is 0 Å². The minimum atomic E-state index is -4.28. The summed E-state index contributed by atoms with van der Waals surface area (Å²) in [5.74, 6) is 0. The highest BCUT2D eigenvalue weighted by molar-refractivity contribution is 7.51. The van der Waals surface area contributed by atoms with E-state index in [-0.39, 0.29) is 12.8 Å². The molecule has 7 nitrogen and oxygen atoms in total. The molecule has 0 heterocycles. The topological polar surface area (TPSA) is 124 Å². The first-order valence-corrected chi connectivity index (χ1v) is 23.8. The highest BCUT2D eigenvalue weighted by atomic mass is 31.2. The number of phosphoric ester groups is 1. The first-order chi connectivity index (χ1) is 22.7. The van der Waals surface area contributed by atoms with Gasteiger partial charge in [0.05, 0.1) is 6.61 Å². The molecule has 0 rings (SSSR count). The fourth-order valence-electron chi connectivity index (χ4n) is 6.61. The molecule has 0 aliphatic heterocycles. The zero-order valence-corrected chi connectivity index (χ0v) is 32.6. The van der Waals surface area contributed by atoms with Crippen LogP contribution in [0.15, 0.2) is 0 Å². The molecule has 0 radical (unpaired) electrons. The monoisotopic (exact) mass is 711 g/mol. The van der Waals surface area contributed by atoms with Crippen LogP contribution in [-0.4, -0.2) is 32.3 Å². The summed E-state index contributed by atoms with van der Waals surface area (Å²) in [6.07, 6.45) is 47.2. The van der Waals surface area contributed by atoms with E-state index in [1.807, 2.05) is 0 Å². The molecular weight excluding hydrogens is 630 g/mol. The first-order valence-electron chi connectivity index (χ1n) is 20.5. The minimum absolute atomic E-state index is 0.0530. The van der Waals surface area contributed by atoms with E-state index in [4.69, 9.17) is 19.6 Å². The summed E-state index contributed by atoms with van der Waals surface area (Å²) in [7, 11) is -8.06. The molecule has 0 atom stereocenters. The third-order valence-electron chi connectivity index (χ3n) is 9.60. The molecule has 0 saturated carbocycles. The minimum Gasteiger partial charge on any atom is -0.324 e. The van der Waals surface area contributed by atoms with E-state index in [1.165, 1.54) is 193 Å². The van der Waals surface area contributed by atoms with Crippen molar-refractivity contribution in [2.75, 3.05) is 12.8 Å². The Labute approximate surface area is 292 Å². The largest absolute Gasteiger partial charge is 0.469 e. The molecule has 0 saturated heterocycles. The molecule has 0 spiro atoms. The average molecular weight is 711 g/mol. The van der Waals surface area contributed by atoms with Gasteiger partial charge in [-0.2, -0.15) is 0 Å². The van der Waals surface area contributed by atoms with Gasteiger partial charge in [-0.3, -0.25) is 9.09 Å². The molecular formula is C38H80O7P2. The normalized spacial score (nSPS) is 12.3. The summed E-state index contributed by atoms with van der Waals surface area (Å²) in [6.45, 7) is 0.162. The Hall–Kier alpha value is 0.260. The van der Waals surface area contributed by atoms with Gasteiger partial charge in [-0.1, -0.05) is 218 Å². The second kappa shape index (κ2) is 36.1. The molecule has 4 N–H and O–H groups in total. The van der Waals surface area contributed by atoms with Crippen LogP contribution in [0.2, 0.25) is 0 Å². The van der Waals surface area contributed by atoms with Gasteiger partial charge in [-0.05, 0) is 12.8 Å². The smallest absolute Gasteiger partial charge is 0.324 e. The van der Waals surface area contributed by atoms with E-state index < -0.39 is 15.4 Å². The average Bonchev–Trinajstić information content (AvgIpc) is 3.01. The third kappa shape index (κ3) is 46.3. The van der Waals surface area contributed by atoms with E-state index >= 15 is 0 Å². The van der Waals surface area contributed by atoms with Gasteiger partial charge < -0.3 is 19.6 Å². The summed E-state index contributed by atoms with van der Waals surface area (Å²) in [6, 6.07) is 0. The van der Waals surface area contributed by atoms with E-state index in [9.17, 15) is 9.13 Å². The molecule has 0 fully saturated rings. The Balaban J connectivity index is 3.08. The quantitative estimate of drug-likeness (QED) is 0.0368. The van der Waals surface area contributed by atoms with Crippen LogP contribution in [0, 0.1) is 0 Å². The van der Waals surface area contributed by atoms with Crippen molar-refractivity contribution in [3.05, 3.63) is 0 Å². The Bertz CT molecular complexity index is 652. The van der Waals surface area contributed by atoms with Gasteiger partial charge >= 0.3 is 15.4 Å². The van der Waals surface area contributed by atoms with Gasteiger partial charge in [0.1, 0.15) is 0 Å². The van der Waals surface area contributed by atoms with Crippen LogP contribution in [0.1, 0.15) is 231 Å². The van der Waals surface area contributed by atoms with Crippen LogP contribution in [0.3, 0.4) is 0 Å². The molecule has 284 valence electrons. The lowest BCUT2D eigenvalue weighted by atomic mass is 10.0. The van der Waals surface area contributed by atoms with Crippen LogP contribution < -0.4 is 0 Å². The lowest BCUT2D eigenvalue weighted by Gasteiger charge is -2.05. The zero-order chi connectivity index (χ0) is 34.6.